The van der Waals surface area contributed by atoms with Crippen molar-refractivity contribution in [3.8, 4) is 0 Å². The van der Waals surface area contributed by atoms with E-state index in [9.17, 15) is 4.79 Å². The van der Waals surface area contributed by atoms with Crippen LogP contribution in [0.25, 0.3) is 0 Å². The molecule has 1 saturated heterocycles. The Hall–Kier alpha value is -4.09. The van der Waals surface area contributed by atoms with Crippen molar-refractivity contribution in [3.63, 3.8) is 0 Å². The first-order valence-electron chi connectivity index (χ1n) is 12.1. The summed E-state index contributed by atoms with van der Waals surface area (Å²) in [7, 11) is 0. The summed E-state index contributed by atoms with van der Waals surface area (Å²) >= 11 is 0. The van der Waals surface area contributed by atoms with Crippen molar-refractivity contribution < 1.29 is 4.79 Å². The molecule has 1 fully saturated rings. The molecule has 0 aromatic heterocycles. The Morgan fingerprint density at radius 1 is 0.571 bits per heavy atom. The second-order valence-electron chi connectivity index (χ2n) is 8.74. The van der Waals surface area contributed by atoms with E-state index in [1.54, 1.807) is 0 Å². The fourth-order valence-electron chi connectivity index (χ4n) is 4.69. The van der Waals surface area contributed by atoms with Crippen LogP contribution in [0.4, 0.5) is 21.9 Å². The largest absolute Gasteiger partial charge is 0.369 e. The molecule has 0 bridgehead atoms. The molecule has 1 aliphatic heterocycles. The number of hydrogen-bond acceptors (Lipinski definition) is 3. The molecule has 2 N–H and O–H groups in total. The lowest BCUT2D eigenvalue weighted by molar-refractivity contribution is 0.212. The molecule has 0 radical (unpaired) electrons. The summed E-state index contributed by atoms with van der Waals surface area (Å²) in [6.45, 7) is 3.87. The minimum absolute atomic E-state index is 0.245. The number of hydrogen-bond donors (Lipinski definition) is 2. The van der Waals surface area contributed by atoms with Gasteiger partial charge in [-0.2, -0.15) is 0 Å². The first-order valence-corrected chi connectivity index (χ1v) is 12.1. The van der Waals surface area contributed by atoms with Crippen LogP contribution in [-0.2, 0) is 0 Å². The van der Waals surface area contributed by atoms with Crippen molar-refractivity contribution in [3.05, 3.63) is 126 Å². The smallest absolute Gasteiger partial charge is 0.323 e. The lowest BCUT2D eigenvalue weighted by Gasteiger charge is -2.40. The fraction of sp³-hybridized carbons (Fsp3) is 0.167. The number of para-hydroxylation sites is 1. The number of nitrogens with zero attached hydrogens (tertiary/aromatic N) is 2. The molecule has 0 atom stereocenters. The van der Waals surface area contributed by atoms with Gasteiger partial charge < -0.3 is 15.5 Å². The number of benzene rings is 4. The predicted octanol–water partition coefficient (Wildman–Crippen LogP) is 6.24. The van der Waals surface area contributed by atoms with E-state index in [-0.39, 0.29) is 12.1 Å². The Bertz CT molecular complexity index is 1170. The number of nitrogens with one attached hydrogen (secondary N) is 2. The molecule has 5 rings (SSSR count). The quantitative estimate of drug-likeness (QED) is 0.356. The first-order chi connectivity index (χ1) is 17.3. The SMILES string of the molecule is O=C(Nc1ccccc1)Nc1ccc(N2CCN(C(c3ccccc3)c3ccccc3)CC2)cc1. The van der Waals surface area contributed by atoms with Gasteiger partial charge in [-0.1, -0.05) is 78.9 Å². The average molecular weight is 463 g/mol. The molecule has 5 nitrogen and oxygen atoms in total. The van der Waals surface area contributed by atoms with Gasteiger partial charge in [0.05, 0.1) is 6.04 Å². The van der Waals surface area contributed by atoms with Crippen LogP contribution in [0, 0.1) is 0 Å². The highest BCUT2D eigenvalue weighted by Crippen LogP contribution is 2.30. The van der Waals surface area contributed by atoms with Crippen molar-refractivity contribution in [2.24, 2.45) is 0 Å². The highest BCUT2D eigenvalue weighted by atomic mass is 16.2. The highest BCUT2D eigenvalue weighted by Gasteiger charge is 2.26. The summed E-state index contributed by atoms with van der Waals surface area (Å²) in [5.41, 5.74) is 5.38. The number of carbonyl (C=O) groups is 1. The zero-order chi connectivity index (χ0) is 23.9. The van der Waals surface area contributed by atoms with E-state index in [1.807, 2.05) is 42.5 Å². The third-order valence-electron chi connectivity index (χ3n) is 6.43. The van der Waals surface area contributed by atoms with Crippen molar-refractivity contribution in [2.75, 3.05) is 41.7 Å². The van der Waals surface area contributed by atoms with Crippen molar-refractivity contribution in [2.45, 2.75) is 6.04 Å². The maximum Gasteiger partial charge on any atom is 0.323 e. The molecule has 1 heterocycles. The molecule has 5 heteroatoms. The number of rotatable bonds is 6. The summed E-state index contributed by atoms with van der Waals surface area (Å²) in [6, 6.07) is 39.1. The van der Waals surface area contributed by atoms with Crippen LogP contribution >= 0.6 is 0 Å². The van der Waals surface area contributed by atoms with Crippen molar-refractivity contribution in [1.29, 1.82) is 0 Å². The van der Waals surface area contributed by atoms with E-state index in [1.165, 1.54) is 16.8 Å². The Morgan fingerprint density at radius 3 is 1.54 bits per heavy atom. The van der Waals surface area contributed by atoms with Gasteiger partial charge >= 0.3 is 6.03 Å². The molecule has 0 spiro atoms. The summed E-state index contributed by atoms with van der Waals surface area (Å²) in [6.07, 6.45) is 0. The molecule has 35 heavy (non-hydrogen) atoms. The minimum Gasteiger partial charge on any atom is -0.369 e. The van der Waals surface area contributed by atoms with Crippen LogP contribution in [0.15, 0.2) is 115 Å². The predicted molar refractivity (Wildman–Crippen MR) is 144 cm³/mol. The molecular weight excluding hydrogens is 432 g/mol. The summed E-state index contributed by atoms with van der Waals surface area (Å²) in [5.74, 6) is 0. The summed E-state index contributed by atoms with van der Waals surface area (Å²) in [4.78, 5) is 17.3. The summed E-state index contributed by atoms with van der Waals surface area (Å²) < 4.78 is 0. The van der Waals surface area contributed by atoms with Gasteiger partial charge in [0.2, 0.25) is 0 Å². The number of urea groups is 1. The van der Waals surface area contributed by atoms with E-state index in [2.05, 4.69) is 93.2 Å². The molecule has 2 amide bonds. The second-order valence-corrected chi connectivity index (χ2v) is 8.74. The molecule has 0 unspecified atom stereocenters. The van der Waals surface area contributed by atoms with E-state index in [0.717, 1.165) is 37.6 Å². The maximum absolute atomic E-state index is 12.3. The number of anilines is 3. The van der Waals surface area contributed by atoms with Crippen LogP contribution in [0.3, 0.4) is 0 Å². The molecule has 1 aliphatic rings. The highest BCUT2D eigenvalue weighted by molar-refractivity contribution is 5.99. The van der Waals surface area contributed by atoms with E-state index in [0.29, 0.717) is 0 Å². The Morgan fingerprint density at radius 2 is 1.03 bits per heavy atom. The first kappa shape index (κ1) is 22.7. The van der Waals surface area contributed by atoms with Crippen LogP contribution in [0.1, 0.15) is 17.2 Å². The van der Waals surface area contributed by atoms with Gasteiger partial charge in [-0.05, 0) is 47.5 Å². The summed E-state index contributed by atoms with van der Waals surface area (Å²) in [5, 5.41) is 5.75. The zero-order valence-corrected chi connectivity index (χ0v) is 19.7. The lowest BCUT2D eigenvalue weighted by Crippen LogP contribution is -2.48. The maximum atomic E-state index is 12.3. The zero-order valence-electron chi connectivity index (χ0n) is 19.7. The number of amides is 2. The Kier molecular flexibility index (Phi) is 7.06. The number of piperazine rings is 1. The minimum atomic E-state index is -0.245. The molecule has 0 saturated carbocycles. The van der Waals surface area contributed by atoms with Crippen molar-refractivity contribution >= 4 is 23.1 Å². The van der Waals surface area contributed by atoms with E-state index in [4.69, 9.17) is 0 Å². The number of carbonyl (C=O) groups excluding carboxylic acids is 1. The van der Waals surface area contributed by atoms with Crippen molar-refractivity contribution in [1.82, 2.24) is 4.90 Å². The van der Waals surface area contributed by atoms with Gasteiger partial charge in [0.1, 0.15) is 0 Å². The fourth-order valence-corrected chi connectivity index (χ4v) is 4.69. The molecule has 176 valence electrons. The van der Waals surface area contributed by atoms with Gasteiger partial charge in [-0.3, -0.25) is 4.90 Å². The second kappa shape index (κ2) is 10.9. The van der Waals surface area contributed by atoms with Gasteiger partial charge in [-0.25, -0.2) is 4.79 Å². The molecule has 0 aliphatic carbocycles. The van der Waals surface area contributed by atoms with Gasteiger partial charge in [0, 0.05) is 43.2 Å². The standard InChI is InChI=1S/C30H30N4O/c35-30(31-26-14-8-3-9-15-26)32-27-16-18-28(19-17-27)33-20-22-34(23-21-33)29(24-10-4-1-5-11-24)25-12-6-2-7-13-25/h1-19,29H,20-23H2,(H2,31,32,35). The third kappa shape index (κ3) is 5.70. The monoisotopic (exact) mass is 462 g/mol. The van der Waals surface area contributed by atoms with Crippen LogP contribution in [0.5, 0.6) is 0 Å². The van der Waals surface area contributed by atoms with Gasteiger partial charge in [0.15, 0.2) is 0 Å². The normalized spacial score (nSPS) is 14.0. The molecular formula is C30H30N4O. The average Bonchev–Trinajstić information content (AvgIpc) is 2.92. The van der Waals surface area contributed by atoms with E-state index >= 15 is 0 Å². The van der Waals surface area contributed by atoms with Crippen LogP contribution in [0.2, 0.25) is 0 Å². The van der Waals surface area contributed by atoms with Crippen LogP contribution in [-0.4, -0.2) is 37.1 Å². The van der Waals surface area contributed by atoms with Gasteiger partial charge in [0.25, 0.3) is 0 Å². The topological polar surface area (TPSA) is 47.6 Å². The molecule has 4 aromatic rings. The molecule has 4 aromatic carbocycles. The van der Waals surface area contributed by atoms with Crippen LogP contribution < -0.4 is 15.5 Å². The Labute approximate surface area is 207 Å². The van der Waals surface area contributed by atoms with Gasteiger partial charge in [-0.15, -0.1) is 0 Å². The van der Waals surface area contributed by atoms with E-state index < -0.39 is 0 Å². The third-order valence-corrected chi connectivity index (χ3v) is 6.43. The lowest BCUT2D eigenvalue weighted by atomic mass is 9.96. The Balaban J connectivity index is 1.21.